The van der Waals surface area contributed by atoms with Crippen LogP contribution in [0.15, 0.2) is 0 Å². The van der Waals surface area contributed by atoms with Gasteiger partial charge in [-0.15, -0.1) is 10.1 Å². The van der Waals surface area contributed by atoms with E-state index in [0.29, 0.717) is 0 Å². The van der Waals surface area contributed by atoms with E-state index in [1.807, 2.05) is 0 Å². The molecule has 0 fully saturated rings. The molecule has 7 heteroatoms. The Balaban J connectivity index is -0.0000000150. The zero-order valence-electron chi connectivity index (χ0n) is 3.31. The summed E-state index contributed by atoms with van der Waals surface area (Å²) in [5, 5.41) is 13.6. The number of rotatable bonds is 0. The molecule has 3 N–H and O–H groups in total. The molecule has 0 aromatic heterocycles. The van der Waals surface area contributed by atoms with Gasteiger partial charge in [0.15, 0.2) is 0 Å². The molecule has 0 heterocycles. The van der Waals surface area contributed by atoms with E-state index in [4.69, 9.17) is 15.3 Å². The number of hydrogen-bond acceptors (Lipinski definition) is 4. The van der Waals surface area contributed by atoms with E-state index in [0.717, 1.165) is 0 Å². The molecule has 0 unspecified atom stereocenters. The summed E-state index contributed by atoms with van der Waals surface area (Å²) in [5.74, 6) is 0. The molecule has 0 rings (SSSR count). The van der Waals surface area contributed by atoms with Gasteiger partial charge < -0.3 is 16.2 Å². The van der Waals surface area contributed by atoms with Crippen LogP contribution in [-0.4, -0.2) is 59.0 Å². The molecule has 0 bridgehead atoms. The van der Waals surface area contributed by atoms with Crippen molar-refractivity contribution in [3.63, 3.8) is 0 Å². The zero-order valence-corrected chi connectivity index (χ0v) is 5.52. The Morgan fingerprint density at radius 3 is 1.43 bits per heavy atom. The smallest absolute Gasteiger partial charge is 0.870 e. The maximum absolute atomic E-state index is 8.36. The molecule has 0 aliphatic carbocycles. The van der Waals surface area contributed by atoms with E-state index in [1.54, 1.807) is 0 Å². The van der Waals surface area contributed by atoms with Crippen LogP contribution in [0.5, 0.6) is 0 Å². The van der Waals surface area contributed by atoms with Crippen molar-refractivity contribution < 1.29 is 21.2 Å². The van der Waals surface area contributed by atoms with Crippen molar-refractivity contribution in [3.8, 4) is 0 Å². The molecule has 0 spiro atoms. The quantitative estimate of drug-likeness (QED) is 0.258. The summed E-state index contributed by atoms with van der Waals surface area (Å²) in [7, 11) is 0. The largest absolute Gasteiger partial charge is 2.00 e. The van der Waals surface area contributed by atoms with E-state index < -0.39 is 5.09 Å². The molecule has 0 aromatic rings. The van der Waals surface area contributed by atoms with Crippen molar-refractivity contribution in [3.05, 3.63) is 10.1 Å². The van der Waals surface area contributed by atoms with Crippen LogP contribution in [0.2, 0.25) is 0 Å². The Hall–Kier alpha value is 0.380. The Morgan fingerprint density at radius 2 is 1.43 bits per heavy atom. The van der Waals surface area contributed by atoms with Gasteiger partial charge in [-0.05, 0) is 0 Å². The average Bonchev–Trinajstić information content (AvgIpc) is 0.811. The van der Waals surface area contributed by atoms with Gasteiger partial charge in [0, 0.05) is 0 Å². The predicted octanol–water partition coefficient (Wildman–Crippen LogP) is -1.08. The summed E-state index contributed by atoms with van der Waals surface area (Å²) in [6.45, 7) is 0. The molecule has 0 amide bonds. The molecule has 0 aliphatic rings. The standard InChI is InChI=1S/Ca.HNO3.2H2O/c;2-1(3)4;;/h;(H,2,3,4);2*1H2/q+2;;;/p-2. The summed E-state index contributed by atoms with van der Waals surface area (Å²) in [6.07, 6.45) is 0. The molecule has 6 nitrogen and oxygen atoms in total. The van der Waals surface area contributed by atoms with Crippen LogP contribution in [0, 0.1) is 10.1 Å². The molecule has 0 saturated heterocycles. The van der Waals surface area contributed by atoms with Gasteiger partial charge in [-0.3, -0.25) is 0 Å². The van der Waals surface area contributed by atoms with Gasteiger partial charge in [0.2, 0.25) is 0 Å². The summed E-state index contributed by atoms with van der Waals surface area (Å²) < 4.78 is 0. The van der Waals surface area contributed by atoms with E-state index in [2.05, 4.69) is 0 Å². The molecule has 0 saturated carbocycles. The molecule has 0 aliphatic heterocycles. The van der Waals surface area contributed by atoms with Gasteiger partial charge in [0.05, 0.1) is 0 Å². The van der Waals surface area contributed by atoms with E-state index in [1.165, 1.54) is 0 Å². The second-order valence-electron chi connectivity index (χ2n) is 0.238. The minimum atomic E-state index is -1.50. The first-order chi connectivity index (χ1) is 1.73. The van der Waals surface area contributed by atoms with Crippen molar-refractivity contribution in [2.45, 2.75) is 0 Å². The Labute approximate surface area is 68.9 Å². The SMILES string of the molecule is O=[N+]([O-])O.[Ca+2].[OH-].[OH-]. The van der Waals surface area contributed by atoms with Crippen LogP contribution in [-0.2, 0) is 0 Å². The zero-order chi connectivity index (χ0) is 3.58. The number of nitrogens with zero attached hydrogens (tertiary/aromatic N) is 1. The summed E-state index contributed by atoms with van der Waals surface area (Å²) in [6, 6.07) is 0. The van der Waals surface area contributed by atoms with Gasteiger partial charge in [0.25, 0.3) is 5.09 Å². The summed E-state index contributed by atoms with van der Waals surface area (Å²) in [4.78, 5) is 8.36. The van der Waals surface area contributed by atoms with Crippen LogP contribution in [0.3, 0.4) is 0 Å². The summed E-state index contributed by atoms with van der Waals surface area (Å²) in [5.41, 5.74) is 0. The van der Waals surface area contributed by atoms with Crippen molar-refractivity contribution in [2.24, 2.45) is 0 Å². The van der Waals surface area contributed by atoms with E-state index >= 15 is 0 Å². The van der Waals surface area contributed by atoms with Crippen molar-refractivity contribution >= 4 is 37.7 Å². The molecule has 0 aromatic carbocycles. The molecular weight excluding hydrogens is 134 g/mol. The van der Waals surface area contributed by atoms with Gasteiger partial charge in [-0.1, -0.05) is 0 Å². The predicted molar refractivity (Wildman–Crippen MR) is 18.4 cm³/mol. The average molecular weight is 137 g/mol. The Morgan fingerprint density at radius 1 is 1.43 bits per heavy atom. The fraction of sp³-hybridized carbons (Fsp3) is 0. The van der Waals surface area contributed by atoms with Crippen LogP contribution in [0.1, 0.15) is 0 Å². The molecule has 0 radical (unpaired) electrons. The van der Waals surface area contributed by atoms with E-state index in [-0.39, 0.29) is 48.7 Å². The first-order valence-corrected chi connectivity index (χ1v) is 0.565. The second kappa shape index (κ2) is 16.2. The summed E-state index contributed by atoms with van der Waals surface area (Å²) >= 11 is 0. The van der Waals surface area contributed by atoms with Crippen LogP contribution in [0.4, 0.5) is 0 Å². The normalized spacial score (nSPS) is 3.43. The minimum absolute atomic E-state index is 0. The fourth-order valence-electron chi connectivity index (χ4n) is 0. The van der Waals surface area contributed by atoms with Gasteiger partial charge in [0.1, 0.15) is 0 Å². The van der Waals surface area contributed by atoms with Crippen molar-refractivity contribution in [2.75, 3.05) is 0 Å². The Kier molecular flexibility index (Phi) is 60.7. The first-order valence-electron chi connectivity index (χ1n) is 0.565. The maximum Gasteiger partial charge on any atom is 2.00 e. The number of hydrogen-bond donors (Lipinski definition) is 1. The topological polar surface area (TPSA) is 123 Å². The van der Waals surface area contributed by atoms with E-state index in [9.17, 15) is 0 Å². The minimum Gasteiger partial charge on any atom is -0.870 e. The second-order valence-corrected chi connectivity index (χ2v) is 0.238. The monoisotopic (exact) mass is 137 g/mol. The molecule has 7 heavy (non-hydrogen) atoms. The Bertz CT molecular complexity index is 31.1. The molecule has 0 atom stereocenters. The first kappa shape index (κ1) is 26.3. The third-order valence-electron chi connectivity index (χ3n) is 0. The third-order valence-corrected chi connectivity index (χ3v) is 0. The van der Waals surface area contributed by atoms with Crippen molar-refractivity contribution in [1.82, 2.24) is 0 Å². The molecule has 40 valence electrons. The maximum atomic E-state index is 8.36. The van der Waals surface area contributed by atoms with Crippen LogP contribution < -0.4 is 0 Å². The van der Waals surface area contributed by atoms with Crippen LogP contribution >= 0.6 is 0 Å². The van der Waals surface area contributed by atoms with Crippen molar-refractivity contribution in [1.29, 1.82) is 0 Å². The van der Waals surface area contributed by atoms with Crippen LogP contribution in [0.25, 0.3) is 0 Å². The van der Waals surface area contributed by atoms with Gasteiger partial charge in [-0.2, -0.15) is 0 Å². The van der Waals surface area contributed by atoms with Gasteiger partial charge >= 0.3 is 37.7 Å². The fourth-order valence-corrected chi connectivity index (χ4v) is 0. The molecular formula is H3CaNO5. The van der Waals surface area contributed by atoms with Gasteiger partial charge in [-0.25, -0.2) is 0 Å². The third kappa shape index (κ3) is 849.